The molecule has 0 saturated carbocycles. The Hall–Kier alpha value is -0.000000000000000111. The second-order valence-corrected chi connectivity index (χ2v) is 6.93. The Morgan fingerprint density at radius 3 is 2.72 bits per heavy atom. The zero-order valence-electron chi connectivity index (χ0n) is 10.7. The molecule has 1 aromatic rings. The fourth-order valence-electron chi connectivity index (χ4n) is 1.53. The quantitative estimate of drug-likeness (QED) is 0.736. The maximum atomic E-state index is 12.4. The van der Waals surface area contributed by atoms with Gasteiger partial charge in [-0.1, -0.05) is 15.9 Å². The van der Waals surface area contributed by atoms with Crippen LogP contribution in [0.1, 0.15) is 23.7 Å². The molecule has 0 N–H and O–H groups in total. The monoisotopic (exact) mass is 393 g/mol. The molecule has 0 fully saturated rings. The van der Waals surface area contributed by atoms with Crippen LogP contribution >= 0.6 is 43.6 Å². The Morgan fingerprint density at radius 2 is 2.11 bits per heavy atom. The zero-order valence-corrected chi connectivity index (χ0v) is 14.7. The van der Waals surface area contributed by atoms with Gasteiger partial charge in [0.15, 0.2) is 0 Å². The number of nitrogens with zero attached hydrogens (tertiary/aromatic N) is 1. The van der Waals surface area contributed by atoms with Crippen molar-refractivity contribution in [1.82, 2.24) is 4.90 Å². The van der Waals surface area contributed by atoms with Crippen LogP contribution in [0.25, 0.3) is 0 Å². The Labute approximate surface area is 130 Å². The van der Waals surface area contributed by atoms with Gasteiger partial charge in [-0.3, -0.25) is 4.79 Å². The lowest BCUT2D eigenvalue weighted by Gasteiger charge is -2.25. The largest absolute Gasteiger partial charge is 0.339 e. The van der Waals surface area contributed by atoms with E-state index in [1.165, 1.54) is 0 Å². The lowest BCUT2D eigenvalue weighted by atomic mass is 10.1. The van der Waals surface area contributed by atoms with E-state index in [9.17, 15) is 4.79 Å². The Balaban J connectivity index is 2.82. The topological polar surface area (TPSA) is 20.3 Å². The highest BCUT2D eigenvalue weighted by atomic mass is 79.9. The second-order valence-electron chi connectivity index (χ2n) is 4.17. The maximum Gasteiger partial charge on any atom is 0.255 e. The van der Waals surface area contributed by atoms with Crippen LogP contribution in [0.4, 0.5) is 0 Å². The Bertz CT molecular complexity index is 425. The molecule has 0 saturated heterocycles. The summed E-state index contributed by atoms with van der Waals surface area (Å²) in [5.41, 5.74) is 0.697. The van der Waals surface area contributed by atoms with Crippen molar-refractivity contribution in [2.24, 2.45) is 0 Å². The number of amides is 1. The number of hydrogen-bond acceptors (Lipinski definition) is 2. The molecular weight excluding hydrogens is 378 g/mol. The first-order chi connectivity index (χ1) is 8.47. The summed E-state index contributed by atoms with van der Waals surface area (Å²) in [4.78, 5) is 14.2. The highest BCUT2D eigenvalue weighted by molar-refractivity contribution is 9.11. The van der Waals surface area contributed by atoms with Gasteiger partial charge in [-0.15, -0.1) is 0 Å². The normalized spacial score (nSPS) is 12.3. The first kappa shape index (κ1) is 16.1. The summed E-state index contributed by atoms with van der Waals surface area (Å²) in [6.45, 7) is 2.08. The lowest BCUT2D eigenvalue weighted by molar-refractivity contribution is 0.0740. The molecule has 0 aliphatic heterocycles. The maximum absolute atomic E-state index is 12.4. The number of benzene rings is 1. The second kappa shape index (κ2) is 7.56. The number of hydrogen-bond donors (Lipinski definition) is 0. The molecule has 1 rings (SSSR count). The van der Waals surface area contributed by atoms with Crippen molar-refractivity contribution < 1.29 is 4.79 Å². The molecular formula is C13H17Br2NOS. The van der Waals surface area contributed by atoms with E-state index in [-0.39, 0.29) is 11.9 Å². The van der Waals surface area contributed by atoms with Crippen molar-refractivity contribution in [2.75, 3.05) is 19.1 Å². The lowest BCUT2D eigenvalue weighted by Crippen LogP contribution is -2.35. The van der Waals surface area contributed by atoms with Crippen molar-refractivity contribution in [3.05, 3.63) is 32.7 Å². The molecule has 2 nitrogen and oxygen atoms in total. The van der Waals surface area contributed by atoms with Crippen LogP contribution in [0.3, 0.4) is 0 Å². The predicted octanol–water partition coefficient (Wildman–Crippen LogP) is 4.43. The molecule has 5 heteroatoms. The molecule has 1 atom stereocenters. The first-order valence-electron chi connectivity index (χ1n) is 5.68. The molecule has 100 valence electrons. The van der Waals surface area contributed by atoms with Gasteiger partial charge >= 0.3 is 0 Å². The third-order valence-corrected chi connectivity index (χ3v) is 4.71. The summed E-state index contributed by atoms with van der Waals surface area (Å²) in [7, 11) is 1.86. The van der Waals surface area contributed by atoms with Crippen LogP contribution < -0.4 is 0 Å². The zero-order chi connectivity index (χ0) is 13.7. The molecule has 0 aliphatic rings. The molecule has 0 bridgehead atoms. The molecule has 1 aromatic carbocycles. The molecule has 0 heterocycles. The average Bonchev–Trinajstić information content (AvgIpc) is 2.37. The third-order valence-electron chi connectivity index (χ3n) is 2.88. The van der Waals surface area contributed by atoms with Crippen LogP contribution in [0.2, 0.25) is 0 Å². The number of carbonyl (C=O) groups excluding carboxylic acids is 1. The van der Waals surface area contributed by atoms with Gasteiger partial charge in [0.2, 0.25) is 0 Å². The number of halogens is 2. The van der Waals surface area contributed by atoms with Crippen molar-refractivity contribution in [1.29, 1.82) is 0 Å². The molecule has 1 unspecified atom stereocenters. The van der Waals surface area contributed by atoms with E-state index in [0.717, 1.165) is 21.1 Å². The molecule has 0 aliphatic carbocycles. The summed E-state index contributed by atoms with van der Waals surface area (Å²) in [5, 5.41) is 0. The van der Waals surface area contributed by atoms with Crippen LogP contribution in [0.15, 0.2) is 27.1 Å². The molecule has 18 heavy (non-hydrogen) atoms. The van der Waals surface area contributed by atoms with Gasteiger partial charge in [0.1, 0.15) is 0 Å². The highest BCUT2D eigenvalue weighted by Crippen LogP contribution is 2.23. The van der Waals surface area contributed by atoms with Gasteiger partial charge in [-0.25, -0.2) is 0 Å². The van der Waals surface area contributed by atoms with Crippen LogP contribution in [-0.2, 0) is 0 Å². The standard InChI is InChI=1S/C13H17Br2NOS/c1-9(6-7-18-3)16(2)13(17)11-8-10(14)4-5-12(11)15/h4-5,8-9H,6-7H2,1-3H3. The van der Waals surface area contributed by atoms with Crippen molar-refractivity contribution >= 4 is 49.5 Å². The van der Waals surface area contributed by atoms with Gasteiger partial charge < -0.3 is 4.90 Å². The van der Waals surface area contributed by atoms with Gasteiger partial charge in [0.25, 0.3) is 5.91 Å². The summed E-state index contributed by atoms with van der Waals surface area (Å²) in [6.07, 6.45) is 3.09. The Kier molecular flexibility index (Phi) is 6.74. The number of carbonyl (C=O) groups is 1. The average molecular weight is 395 g/mol. The molecule has 0 spiro atoms. The summed E-state index contributed by atoms with van der Waals surface area (Å²) < 4.78 is 1.75. The van der Waals surface area contributed by atoms with E-state index >= 15 is 0 Å². The minimum Gasteiger partial charge on any atom is -0.339 e. The van der Waals surface area contributed by atoms with Crippen LogP contribution in [0, 0.1) is 0 Å². The predicted molar refractivity (Wildman–Crippen MR) is 86.4 cm³/mol. The van der Waals surface area contributed by atoms with Crippen molar-refractivity contribution in [3.8, 4) is 0 Å². The minimum atomic E-state index is 0.0526. The van der Waals surface area contributed by atoms with Gasteiger partial charge in [0, 0.05) is 22.0 Å². The van der Waals surface area contributed by atoms with E-state index in [0.29, 0.717) is 5.56 Å². The van der Waals surface area contributed by atoms with Crippen molar-refractivity contribution in [2.45, 2.75) is 19.4 Å². The van der Waals surface area contributed by atoms with Gasteiger partial charge in [-0.2, -0.15) is 11.8 Å². The SMILES string of the molecule is CSCCC(C)N(C)C(=O)c1cc(Br)ccc1Br. The molecule has 1 amide bonds. The molecule has 0 radical (unpaired) electrons. The van der Waals surface area contributed by atoms with Crippen LogP contribution in [0.5, 0.6) is 0 Å². The van der Waals surface area contributed by atoms with E-state index in [4.69, 9.17) is 0 Å². The van der Waals surface area contributed by atoms with Gasteiger partial charge in [-0.05, 0) is 59.5 Å². The van der Waals surface area contributed by atoms with E-state index in [2.05, 4.69) is 45.0 Å². The third kappa shape index (κ3) is 4.28. The Morgan fingerprint density at radius 1 is 1.44 bits per heavy atom. The smallest absolute Gasteiger partial charge is 0.255 e. The van der Waals surface area contributed by atoms with E-state index < -0.39 is 0 Å². The van der Waals surface area contributed by atoms with E-state index in [1.54, 1.807) is 11.8 Å². The van der Waals surface area contributed by atoms with Crippen LogP contribution in [-0.4, -0.2) is 35.9 Å². The summed E-state index contributed by atoms with van der Waals surface area (Å²) in [6, 6.07) is 5.90. The fourth-order valence-corrected chi connectivity index (χ4v) is 2.89. The van der Waals surface area contributed by atoms with Crippen molar-refractivity contribution in [3.63, 3.8) is 0 Å². The molecule has 0 aromatic heterocycles. The number of rotatable bonds is 5. The minimum absolute atomic E-state index is 0.0526. The fraction of sp³-hybridized carbons (Fsp3) is 0.462. The highest BCUT2D eigenvalue weighted by Gasteiger charge is 2.19. The van der Waals surface area contributed by atoms with E-state index in [1.807, 2.05) is 30.1 Å². The summed E-state index contributed by atoms with van der Waals surface area (Å²) >= 11 is 8.63. The first-order valence-corrected chi connectivity index (χ1v) is 8.66. The summed E-state index contributed by atoms with van der Waals surface area (Å²) in [5.74, 6) is 1.12. The van der Waals surface area contributed by atoms with Gasteiger partial charge in [0.05, 0.1) is 5.56 Å². The number of thioether (sulfide) groups is 1.